The van der Waals surface area contributed by atoms with Crippen molar-refractivity contribution >= 4 is 29.0 Å². The standard InChI is InChI=1S/C19H16Cl2N4/c1-12-2-4-13(5-3-12)9-18-15(10-22)19(23)25(24-18)11-14-6-7-16(20)17(21)8-14/h2-8H,9,11,23H2,1H3. The number of rotatable bonds is 4. The third-order valence-electron chi connectivity index (χ3n) is 3.98. The van der Waals surface area contributed by atoms with Gasteiger partial charge >= 0.3 is 0 Å². The third kappa shape index (κ3) is 3.79. The molecule has 0 saturated carbocycles. The monoisotopic (exact) mass is 370 g/mol. The maximum absolute atomic E-state index is 9.46. The molecule has 2 N–H and O–H groups in total. The van der Waals surface area contributed by atoms with Gasteiger partial charge in [0, 0.05) is 6.42 Å². The van der Waals surface area contributed by atoms with E-state index in [9.17, 15) is 5.26 Å². The van der Waals surface area contributed by atoms with Gasteiger partial charge in [-0.15, -0.1) is 0 Å². The Hall–Kier alpha value is -2.48. The molecule has 1 aromatic heterocycles. The molecule has 0 spiro atoms. The molecule has 0 unspecified atom stereocenters. The molecule has 4 nitrogen and oxygen atoms in total. The second-order valence-electron chi connectivity index (χ2n) is 5.89. The van der Waals surface area contributed by atoms with Gasteiger partial charge < -0.3 is 5.73 Å². The largest absolute Gasteiger partial charge is 0.383 e. The molecule has 3 aromatic rings. The summed E-state index contributed by atoms with van der Waals surface area (Å²) in [5, 5.41) is 15.0. The summed E-state index contributed by atoms with van der Waals surface area (Å²) in [6, 6.07) is 15.7. The van der Waals surface area contributed by atoms with Crippen LogP contribution in [0.15, 0.2) is 42.5 Å². The Morgan fingerprint density at radius 1 is 1.08 bits per heavy atom. The highest BCUT2D eigenvalue weighted by Gasteiger charge is 2.16. The van der Waals surface area contributed by atoms with Crippen molar-refractivity contribution in [1.29, 1.82) is 5.26 Å². The van der Waals surface area contributed by atoms with Crippen LogP contribution in [0.5, 0.6) is 0 Å². The zero-order valence-corrected chi connectivity index (χ0v) is 15.1. The van der Waals surface area contributed by atoms with Gasteiger partial charge in [0.05, 0.1) is 22.3 Å². The Morgan fingerprint density at radius 2 is 1.76 bits per heavy atom. The SMILES string of the molecule is Cc1ccc(Cc2nn(Cc3ccc(Cl)c(Cl)c3)c(N)c2C#N)cc1. The van der Waals surface area contributed by atoms with Crippen molar-refractivity contribution in [2.75, 3.05) is 5.73 Å². The van der Waals surface area contributed by atoms with Crippen LogP contribution in [0, 0.1) is 18.3 Å². The van der Waals surface area contributed by atoms with E-state index in [-0.39, 0.29) is 0 Å². The Labute approximate surface area is 156 Å². The summed E-state index contributed by atoms with van der Waals surface area (Å²) in [6.45, 7) is 2.46. The van der Waals surface area contributed by atoms with Crippen LogP contribution in [0.4, 0.5) is 5.82 Å². The molecule has 0 atom stereocenters. The summed E-state index contributed by atoms with van der Waals surface area (Å²) in [5.41, 5.74) is 10.4. The summed E-state index contributed by atoms with van der Waals surface area (Å²) in [6.07, 6.45) is 0.557. The predicted octanol–water partition coefficient (Wildman–Crippen LogP) is 4.59. The number of nitriles is 1. The molecule has 0 aliphatic carbocycles. The number of halogens is 2. The number of nitrogen functional groups attached to an aromatic ring is 1. The van der Waals surface area contributed by atoms with E-state index in [1.807, 2.05) is 37.3 Å². The highest BCUT2D eigenvalue weighted by atomic mass is 35.5. The lowest BCUT2D eigenvalue weighted by atomic mass is 10.1. The van der Waals surface area contributed by atoms with E-state index in [1.165, 1.54) is 5.56 Å². The van der Waals surface area contributed by atoms with E-state index < -0.39 is 0 Å². The average Bonchev–Trinajstić information content (AvgIpc) is 2.88. The number of hydrogen-bond donors (Lipinski definition) is 1. The van der Waals surface area contributed by atoms with Crippen molar-refractivity contribution in [2.45, 2.75) is 19.9 Å². The lowest BCUT2D eigenvalue weighted by molar-refractivity contribution is 0.685. The van der Waals surface area contributed by atoms with Gasteiger partial charge in [-0.25, -0.2) is 4.68 Å². The molecule has 0 bridgehead atoms. The van der Waals surface area contributed by atoms with Crippen LogP contribution >= 0.6 is 23.2 Å². The Balaban J connectivity index is 1.90. The molecule has 126 valence electrons. The minimum Gasteiger partial charge on any atom is -0.383 e. The molecule has 2 aromatic carbocycles. The normalized spacial score (nSPS) is 10.6. The molecule has 6 heteroatoms. The van der Waals surface area contributed by atoms with Crippen molar-refractivity contribution in [2.24, 2.45) is 0 Å². The maximum Gasteiger partial charge on any atom is 0.140 e. The van der Waals surface area contributed by atoms with Gasteiger partial charge in [-0.1, -0.05) is 59.1 Å². The van der Waals surface area contributed by atoms with Crippen LogP contribution in [0.3, 0.4) is 0 Å². The summed E-state index contributed by atoms with van der Waals surface area (Å²) in [4.78, 5) is 0. The van der Waals surface area contributed by atoms with Crippen LogP contribution in [-0.2, 0) is 13.0 Å². The van der Waals surface area contributed by atoms with Crippen molar-refractivity contribution in [1.82, 2.24) is 9.78 Å². The first-order valence-corrected chi connectivity index (χ1v) is 8.48. The van der Waals surface area contributed by atoms with Gasteiger partial charge in [0.1, 0.15) is 17.5 Å². The smallest absolute Gasteiger partial charge is 0.140 e. The number of aryl methyl sites for hydroxylation is 1. The lowest BCUT2D eigenvalue weighted by Gasteiger charge is -2.05. The Kier molecular flexibility index (Phi) is 4.98. The quantitative estimate of drug-likeness (QED) is 0.729. The summed E-state index contributed by atoms with van der Waals surface area (Å²) < 4.78 is 1.63. The Bertz CT molecular complexity index is 953. The van der Waals surface area contributed by atoms with E-state index in [4.69, 9.17) is 28.9 Å². The molecule has 1 heterocycles. The predicted molar refractivity (Wildman–Crippen MR) is 101 cm³/mol. The minimum atomic E-state index is 0.357. The molecule has 3 rings (SSSR count). The molecular formula is C19H16Cl2N4. The molecule has 0 amide bonds. The molecule has 0 saturated heterocycles. The van der Waals surface area contributed by atoms with E-state index in [2.05, 4.69) is 11.2 Å². The Morgan fingerprint density at radius 3 is 2.40 bits per heavy atom. The zero-order chi connectivity index (χ0) is 18.0. The maximum atomic E-state index is 9.46. The number of aromatic nitrogens is 2. The van der Waals surface area contributed by atoms with E-state index in [1.54, 1.807) is 16.8 Å². The fourth-order valence-electron chi connectivity index (χ4n) is 2.60. The van der Waals surface area contributed by atoms with Crippen molar-refractivity contribution < 1.29 is 0 Å². The summed E-state index contributed by atoms with van der Waals surface area (Å²) in [5.74, 6) is 0.357. The second kappa shape index (κ2) is 7.18. The van der Waals surface area contributed by atoms with Crippen LogP contribution in [0.2, 0.25) is 10.0 Å². The van der Waals surface area contributed by atoms with E-state index >= 15 is 0 Å². The molecule has 0 fully saturated rings. The first kappa shape index (κ1) is 17.3. The summed E-state index contributed by atoms with van der Waals surface area (Å²) >= 11 is 12.0. The van der Waals surface area contributed by atoms with Crippen LogP contribution in [0.1, 0.15) is 27.9 Å². The van der Waals surface area contributed by atoms with Gasteiger partial charge in [0.25, 0.3) is 0 Å². The molecule has 0 aliphatic rings. The van der Waals surface area contributed by atoms with Gasteiger partial charge in [0.2, 0.25) is 0 Å². The topological polar surface area (TPSA) is 67.6 Å². The number of anilines is 1. The third-order valence-corrected chi connectivity index (χ3v) is 4.72. The number of hydrogen-bond acceptors (Lipinski definition) is 3. The number of benzene rings is 2. The van der Waals surface area contributed by atoms with Crippen LogP contribution in [0.25, 0.3) is 0 Å². The van der Waals surface area contributed by atoms with Crippen LogP contribution < -0.4 is 5.73 Å². The van der Waals surface area contributed by atoms with Gasteiger partial charge in [0.15, 0.2) is 0 Å². The van der Waals surface area contributed by atoms with Crippen molar-refractivity contribution in [3.63, 3.8) is 0 Å². The van der Waals surface area contributed by atoms with Gasteiger partial charge in [-0.3, -0.25) is 0 Å². The fraction of sp³-hybridized carbons (Fsp3) is 0.158. The molecule has 0 aliphatic heterocycles. The fourth-order valence-corrected chi connectivity index (χ4v) is 2.92. The van der Waals surface area contributed by atoms with Crippen molar-refractivity contribution in [3.8, 4) is 6.07 Å². The second-order valence-corrected chi connectivity index (χ2v) is 6.70. The number of nitrogens with zero attached hydrogens (tertiary/aromatic N) is 3. The van der Waals surface area contributed by atoms with Gasteiger partial charge in [-0.05, 0) is 30.2 Å². The minimum absolute atomic E-state index is 0.357. The molecular weight excluding hydrogens is 355 g/mol. The first-order chi connectivity index (χ1) is 12.0. The lowest BCUT2D eigenvalue weighted by Crippen LogP contribution is -2.06. The first-order valence-electron chi connectivity index (χ1n) is 7.72. The van der Waals surface area contributed by atoms with E-state index in [0.29, 0.717) is 40.1 Å². The van der Waals surface area contributed by atoms with Crippen LogP contribution in [-0.4, -0.2) is 9.78 Å². The van der Waals surface area contributed by atoms with E-state index in [0.717, 1.165) is 11.1 Å². The molecule has 0 radical (unpaired) electrons. The zero-order valence-electron chi connectivity index (χ0n) is 13.6. The average molecular weight is 371 g/mol. The van der Waals surface area contributed by atoms with Gasteiger partial charge in [-0.2, -0.15) is 10.4 Å². The highest BCUT2D eigenvalue weighted by Crippen LogP contribution is 2.25. The highest BCUT2D eigenvalue weighted by molar-refractivity contribution is 6.42. The number of nitrogens with two attached hydrogens (primary N) is 1. The van der Waals surface area contributed by atoms with Crippen molar-refractivity contribution in [3.05, 3.63) is 80.5 Å². The molecule has 25 heavy (non-hydrogen) atoms. The summed E-state index contributed by atoms with van der Waals surface area (Å²) in [7, 11) is 0.